The summed E-state index contributed by atoms with van der Waals surface area (Å²) in [5, 5.41) is 14.5. The zero-order valence-corrected chi connectivity index (χ0v) is 7.50. The van der Waals surface area contributed by atoms with E-state index in [4.69, 9.17) is 22.8 Å². The lowest BCUT2D eigenvalue weighted by Gasteiger charge is -2.17. The van der Waals surface area contributed by atoms with Gasteiger partial charge in [0.15, 0.2) is 0 Å². The second-order valence-corrected chi connectivity index (χ2v) is 3.06. The number of nitriles is 1. The molecule has 7 nitrogen and oxygen atoms in total. The molecule has 8 heteroatoms. The van der Waals surface area contributed by atoms with Crippen molar-refractivity contribution < 1.29 is 17.5 Å². The highest BCUT2D eigenvalue weighted by atomic mass is 32.3. The minimum atomic E-state index is -5.17. The second kappa shape index (κ2) is 5.85. The molecular formula is C5H9N3O4S-2. The van der Waals surface area contributed by atoms with Gasteiger partial charge in [0.2, 0.25) is 0 Å². The molecule has 0 bridgehead atoms. The molecule has 1 aliphatic rings. The van der Waals surface area contributed by atoms with Crippen molar-refractivity contribution in [1.82, 2.24) is 10.6 Å². The Hall–Kier alpha value is -0.720. The fraction of sp³-hybridized carbons (Fsp3) is 0.800. The quantitative estimate of drug-likeness (QED) is 0.338. The molecule has 1 heterocycles. The molecule has 0 saturated carbocycles. The maximum atomic E-state index is 8.52. The first-order valence-corrected chi connectivity index (χ1v) is 4.77. The molecule has 1 aliphatic heterocycles. The summed E-state index contributed by atoms with van der Waals surface area (Å²) in [5.41, 5.74) is 0. The third-order valence-electron chi connectivity index (χ3n) is 1.20. The van der Waals surface area contributed by atoms with Crippen molar-refractivity contribution in [1.29, 1.82) is 5.26 Å². The van der Waals surface area contributed by atoms with Crippen LogP contribution in [0, 0.1) is 11.3 Å². The summed E-state index contributed by atoms with van der Waals surface area (Å²) in [7, 11) is -5.17. The van der Waals surface area contributed by atoms with E-state index < -0.39 is 10.4 Å². The molecule has 1 unspecified atom stereocenters. The molecule has 1 saturated heterocycles. The standard InChI is InChI=1S/C5H9N3.H2O4S/c6-3-5-4-7-1-2-8-5;1-5(2,3)4/h5,7-8H,1-2,4H2;(H2,1,2,3,4)/p-2. The van der Waals surface area contributed by atoms with Gasteiger partial charge in [0, 0.05) is 30.0 Å². The molecule has 13 heavy (non-hydrogen) atoms. The van der Waals surface area contributed by atoms with Gasteiger partial charge >= 0.3 is 0 Å². The highest BCUT2D eigenvalue weighted by Gasteiger charge is 2.08. The monoisotopic (exact) mass is 207 g/mol. The predicted molar refractivity (Wildman–Crippen MR) is 40.7 cm³/mol. The second-order valence-electron chi connectivity index (χ2n) is 2.25. The van der Waals surface area contributed by atoms with Crippen molar-refractivity contribution in [2.45, 2.75) is 6.04 Å². The number of piperazine rings is 1. The van der Waals surface area contributed by atoms with Crippen molar-refractivity contribution in [2.75, 3.05) is 19.6 Å². The van der Waals surface area contributed by atoms with E-state index in [1.165, 1.54) is 0 Å². The maximum absolute atomic E-state index is 8.52. The van der Waals surface area contributed by atoms with Gasteiger partial charge in [0.25, 0.3) is 0 Å². The van der Waals surface area contributed by atoms with Crippen molar-refractivity contribution >= 4 is 10.4 Å². The van der Waals surface area contributed by atoms with Gasteiger partial charge < -0.3 is 14.4 Å². The van der Waals surface area contributed by atoms with Crippen LogP contribution in [0.3, 0.4) is 0 Å². The average Bonchev–Trinajstić information content (AvgIpc) is 2.03. The fourth-order valence-corrected chi connectivity index (χ4v) is 0.745. The highest BCUT2D eigenvalue weighted by molar-refractivity contribution is 7.79. The van der Waals surface area contributed by atoms with Crippen molar-refractivity contribution in [3.63, 3.8) is 0 Å². The van der Waals surface area contributed by atoms with Crippen LogP contribution in [0.1, 0.15) is 0 Å². The van der Waals surface area contributed by atoms with Crippen molar-refractivity contribution in [3.8, 4) is 6.07 Å². The normalized spacial score (nSPS) is 22.4. The zero-order valence-electron chi connectivity index (χ0n) is 6.69. The van der Waals surface area contributed by atoms with Crippen molar-refractivity contribution in [3.05, 3.63) is 0 Å². The molecular weight excluding hydrogens is 198 g/mol. The number of nitrogens with one attached hydrogen (secondary N) is 2. The van der Waals surface area contributed by atoms with E-state index in [0.29, 0.717) is 0 Å². The Morgan fingerprint density at radius 2 is 1.92 bits per heavy atom. The summed E-state index contributed by atoms with van der Waals surface area (Å²) in [5.74, 6) is 0. The summed E-state index contributed by atoms with van der Waals surface area (Å²) in [6, 6.07) is 2.16. The van der Waals surface area contributed by atoms with Gasteiger partial charge in [-0.3, -0.25) is 13.7 Å². The highest BCUT2D eigenvalue weighted by Crippen LogP contribution is 1.81. The fourth-order valence-electron chi connectivity index (χ4n) is 0.745. The van der Waals surface area contributed by atoms with E-state index >= 15 is 0 Å². The topological polar surface area (TPSA) is 128 Å². The molecule has 0 aliphatic carbocycles. The molecule has 1 rings (SSSR count). The lowest BCUT2D eigenvalue weighted by atomic mass is 10.3. The SMILES string of the molecule is N#CC1CNCCN1.O=S(=O)([O-])[O-]. The zero-order chi connectivity index (χ0) is 10.3. The first-order chi connectivity index (χ1) is 5.93. The van der Waals surface area contributed by atoms with E-state index in [1.54, 1.807) is 0 Å². The van der Waals surface area contributed by atoms with Gasteiger partial charge in [-0.1, -0.05) is 0 Å². The smallest absolute Gasteiger partial charge is 0.108 e. The Morgan fingerprint density at radius 1 is 1.38 bits per heavy atom. The van der Waals surface area contributed by atoms with Gasteiger partial charge in [-0.2, -0.15) is 5.26 Å². The minimum Gasteiger partial charge on any atom is -0.759 e. The molecule has 0 spiro atoms. The van der Waals surface area contributed by atoms with Crippen LogP contribution in [0.5, 0.6) is 0 Å². The Bertz CT molecular complexity index is 256. The van der Waals surface area contributed by atoms with Gasteiger partial charge in [-0.25, -0.2) is 0 Å². The first-order valence-electron chi connectivity index (χ1n) is 3.44. The van der Waals surface area contributed by atoms with E-state index in [-0.39, 0.29) is 6.04 Å². The van der Waals surface area contributed by atoms with E-state index in [1.807, 2.05) is 0 Å². The first kappa shape index (κ1) is 12.3. The van der Waals surface area contributed by atoms with Crippen LogP contribution < -0.4 is 10.6 Å². The molecule has 0 aromatic carbocycles. The summed E-state index contributed by atoms with van der Waals surface area (Å²) < 4.78 is 34.1. The summed E-state index contributed by atoms with van der Waals surface area (Å²) in [6.45, 7) is 2.69. The van der Waals surface area contributed by atoms with Crippen LogP contribution >= 0.6 is 0 Å². The molecule has 1 fully saturated rings. The van der Waals surface area contributed by atoms with Crippen LogP contribution in [0.25, 0.3) is 0 Å². The Morgan fingerprint density at radius 3 is 2.15 bits per heavy atom. The van der Waals surface area contributed by atoms with E-state index in [9.17, 15) is 0 Å². The summed E-state index contributed by atoms with van der Waals surface area (Å²) >= 11 is 0. The third-order valence-corrected chi connectivity index (χ3v) is 1.20. The molecule has 0 amide bonds. The number of nitrogens with zero attached hydrogens (tertiary/aromatic N) is 1. The molecule has 1 atom stereocenters. The Labute approximate surface area is 76.3 Å². The molecule has 0 aromatic heterocycles. The number of hydrogen-bond donors (Lipinski definition) is 2. The van der Waals surface area contributed by atoms with Crippen LogP contribution in [0.15, 0.2) is 0 Å². The Balaban J connectivity index is 0.000000252. The maximum Gasteiger partial charge on any atom is 0.108 e. The largest absolute Gasteiger partial charge is 0.759 e. The van der Waals surface area contributed by atoms with E-state index in [0.717, 1.165) is 19.6 Å². The molecule has 0 aromatic rings. The summed E-state index contributed by atoms with van der Waals surface area (Å²) in [4.78, 5) is 0. The minimum absolute atomic E-state index is 0.0312. The Kier molecular flexibility index (Phi) is 5.52. The van der Waals surface area contributed by atoms with Crippen LogP contribution in [0.4, 0.5) is 0 Å². The number of hydrogen-bond acceptors (Lipinski definition) is 7. The van der Waals surface area contributed by atoms with Crippen LogP contribution in [-0.4, -0.2) is 43.2 Å². The van der Waals surface area contributed by atoms with E-state index in [2.05, 4.69) is 16.7 Å². The molecule has 0 radical (unpaired) electrons. The van der Waals surface area contributed by atoms with Crippen LogP contribution in [0.2, 0.25) is 0 Å². The predicted octanol–water partition coefficient (Wildman–Crippen LogP) is -2.27. The van der Waals surface area contributed by atoms with Gasteiger partial charge in [-0.05, 0) is 0 Å². The van der Waals surface area contributed by atoms with Gasteiger partial charge in [-0.15, -0.1) is 0 Å². The van der Waals surface area contributed by atoms with Gasteiger partial charge in [0.1, 0.15) is 6.04 Å². The number of rotatable bonds is 0. The van der Waals surface area contributed by atoms with Crippen molar-refractivity contribution in [2.24, 2.45) is 0 Å². The van der Waals surface area contributed by atoms with Gasteiger partial charge in [0.05, 0.1) is 6.07 Å². The molecule has 2 N–H and O–H groups in total. The summed E-state index contributed by atoms with van der Waals surface area (Å²) in [6.07, 6.45) is 0. The van der Waals surface area contributed by atoms with Crippen LogP contribution in [-0.2, 0) is 10.4 Å². The lowest BCUT2D eigenvalue weighted by Crippen LogP contribution is -2.47. The molecule has 76 valence electrons. The lowest BCUT2D eigenvalue weighted by molar-refractivity contribution is 0.352. The third kappa shape index (κ3) is 11.3. The average molecular weight is 207 g/mol.